The van der Waals surface area contributed by atoms with Crippen LogP contribution in [0.25, 0.3) is 0 Å². The zero-order valence-corrected chi connectivity index (χ0v) is 16.9. The third kappa shape index (κ3) is 5.84. The van der Waals surface area contributed by atoms with E-state index < -0.39 is 17.0 Å². The number of thioether (sulfide) groups is 1. The molecule has 5 nitrogen and oxygen atoms in total. The summed E-state index contributed by atoms with van der Waals surface area (Å²) in [5, 5.41) is 14.4. The van der Waals surface area contributed by atoms with Crippen molar-refractivity contribution in [2.45, 2.75) is 60.8 Å². The molecule has 1 aliphatic carbocycles. The van der Waals surface area contributed by atoms with E-state index in [1.54, 1.807) is 6.92 Å². The monoisotopic (exact) mass is 430 g/mol. The lowest BCUT2D eigenvalue weighted by Gasteiger charge is -2.21. The second kappa shape index (κ2) is 9.13. The van der Waals surface area contributed by atoms with E-state index in [0.29, 0.717) is 10.4 Å². The van der Waals surface area contributed by atoms with Crippen LogP contribution < -0.4 is 10.6 Å². The number of nitrogens with one attached hydrogen (secondary N) is 2. The minimum atomic E-state index is -4.45. The number of carbonyl (C=O) groups excluding carboxylic acids is 1. The van der Waals surface area contributed by atoms with Gasteiger partial charge in [-0.25, -0.2) is 0 Å². The third-order valence-corrected chi connectivity index (χ3v) is 6.48. The predicted molar refractivity (Wildman–Crippen MR) is 106 cm³/mol. The Morgan fingerprint density at radius 3 is 2.71 bits per heavy atom. The van der Waals surface area contributed by atoms with Gasteiger partial charge in [-0.05, 0) is 38.0 Å². The molecule has 2 N–H and O–H groups in total. The SMILES string of the molecule is C[C@H](Sc1nnc(NC2CCCCC2)s1)C(=O)Nc1cccc(C(F)(F)F)c1. The van der Waals surface area contributed by atoms with Crippen molar-refractivity contribution in [3.8, 4) is 0 Å². The molecule has 0 radical (unpaired) electrons. The van der Waals surface area contributed by atoms with E-state index in [2.05, 4.69) is 20.8 Å². The minimum absolute atomic E-state index is 0.115. The van der Waals surface area contributed by atoms with Crippen molar-refractivity contribution in [2.75, 3.05) is 10.6 Å². The number of carbonyl (C=O) groups is 1. The van der Waals surface area contributed by atoms with Crippen LogP contribution in [-0.2, 0) is 11.0 Å². The lowest BCUT2D eigenvalue weighted by molar-refractivity contribution is -0.137. The summed E-state index contributed by atoms with van der Waals surface area (Å²) in [6, 6.07) is 5.01. The standard InChI is InChI=1S/C18H21F3N4OS2/c1-11(15(26)22-14-9-5-6-12(10-14)18(19,20)21)27-17-25-24-16(28-17)23-13-7-3-2-4-8-13/h5-6,9-11,13H,2-4,7-8H2,1H3,(H,22,26)(H,23,24)/t11-/m0/s1. The average Bonchev–Trinajstić information content (AvgIpc) is 3.09. The van der Waals surface area contributed by atoms with Crippen molar-refractivity contribution in [1.82, 2.24) is 10.2 Å². The lowest BCUT2D eigenvalue weighted by atomic mass is 9.96. The van der Waals surface area contributed by atoms with Crippen molar-refractivity contribution in [3.63, 3.8) is 0 Å². The number of benzene rings is 1. The molecule has 1 aliphatic rings. The van der Waals surface area contributed by atoms with Gasteiger partial charge in [0.15, 0.2) is 4.34 Å². The van der Waals surface area contributed by atoms with E-state index in [4.69, 9.17) is 0 Å². The van der Waals surface area contributed by atoms with E-state index >= 15 is 0 Å². The fourth-order valence-electron chi connectivity index (χ4n) is 2.96. The molecule has 1 aromatic heterocycles. The normalized spacial score (nSPS) is 16.6. The Balaban J connectivity index is 1.54. The number of alkyl halides is 3. The first-order valence-electron chi connectivity index (χ1n) is 9.06. The number of rotatable bonds is 6. The van der Waals surface area contributed by atoms with Gasteiger partial charge in [0, 0.05) is 11.7 Å². The maximum atomic E-state index is 12.8. The Morgan fingerprint density at radius 1 is 1.25 bits per heavy atom. The first-order valence-corrected chi connectivity index (χ1v) is 10.8. The van der Waals surface area contributed by atoms with Crippen LogP contribution in [0.4, 0.5) is 24.0 Å². The molecule has 1 atom stereocenters. The summed E-state index contributed by atoms with van der Waals surface area (Å²) in [6.45, 7) is 1.68. The van der Waals surface area contributed by atoms with Crippen molar-refractivity contribution in [1.29, 1.82) is 0 Å². The second-order valence-electron chi connectivity index (χ2n) is 6.68. The van der Waals surface area contributed by atoms with Gasteiger partial charge in [-0.1, -0.05) is 48.4 Å². The Morgan fingerprint density at radius 2 is 2.00 bits per heavy atom. The van der Waals surface area contributed by atoms with Gasteiger partial charge in [-0.15, -0.1) is 10.2 Å². The minimum Gasteiger partial charge on any atom is -0.357 e. The highest BCUT2D eigenvalue weighted by molar-refractivity contribution is 8.02. The zero-order valence-electron chi connectivity index (χ0n) is 15.3. The molecule has 3 rings (SSSR count). The molecular weight excluding hydrogens is 409 g/mol. The maximum Gasteiger partial charge on any atom is 0.416 e. The summed E-state index contributed by atoms with van der Waals surface area (Å²) >= 11 is 2.62. The van der Waals surface area contributed by atoms with Gasteiger partial charge >= 0.3 is 6.18 Å². The summed E-state index contributed by atoms with van der Waals surface area (Å²) in [6.07, 6.45) is 1.49. The molecule has 28 heavy (non-hydrogen) atoms. The largest absolute Gasteiger partial charge is 0.416 e. The fraction of sp³-hybridized carbons (Fsp3) is 0.500. The molecule has 1 fully saturated rings. The van der Waals surface area contributed by atoms with Crippen molar-refractivity contribution in [2.24, 2.45) is 0 Å². The topological polar surface area (TPSA) is 66.9 Å². The van der Waals surface area contributed by atoms with Crippen LogP contribution >= 0.6 is 23.1 Å². The summed E-state index contributed by atoms with van der Waals surface area (Å²) in [5.41, 5.74) is -0.683. The molecule has 10 heteroatoms. The van der Waals surface area contributed by atoms with Crippen LogP contribution in [-0.4, -0.2) is 27.4 Å². The Kier molecular flexibility index (Phi) is 6.82. The molecular formula is C18H21F3N4OS2. The summed E-state index contributed by atoms with van der Waals surface area (Å²) in [7, 11) is 0. The number of amides is 1. The molecule has 1 amide bonds. The maximum absolute atomic E-state index is 12.8. The molecule has 0 unspecified atom stereocenters. The lowest BCUT2D eigenvalue weighted by Crippen LogP contribution is -2.22. The Hall–Kier alpha value is -1.81. The van der Waals surface area contributed by atoms with Crippen LogP contribution in [0.1, 0.15) is 44.6 Å². The Bertz CT molecular complexity index is 806. The molecule has 0 aliphatic heterocycles. The van der Waals surface area contributed by atoms with Crippen LogP contribution in [0.2, 0.25) is 0 Å². The summed E-state index contributed by atoms with van der Waals surface area (Å²) < 4.78 is 39.0. The van der Waals surface area contributed by atoms with Crippen LogP contribution in [0.15, 0.2) is 28.6 Å². The van der Waals surface area contributed by atoms with Crippen LogP contribution in [0.3, 0.4) is 0 Å². The number of hydrogen-bond acceptors (Lipinski definition) is 6. The molecule has 0 saturated heterocycles. The Labute approximate surface area is 169 Å². The number of halogens is 3. The van der Waals surface area contributed by atoms with Gasteiger partial charge in [0.1, 0.15) is 0 Å². The number of hydrogen-bond donors (Lipinski definition) is 2. The predicted octanol–water partition coefficient (Wildman–Crippen LogP) is 5.42. The van der Waals surface area contributed by atoms with Crippen LogP contribution in [0, 0.1) is 0 Å². The average molecular weight is 431 g/mol. The zero-order chi connectivity index (χ0) is 20.1. The third-order valence-electron chi connectivity index (χ3n) is 4.44. The van der Waals surface area contributed by atoms with Gasteiger partial charge in [-0.2, -0.15) is 13.2 Å². The number of aromatic nitrogens is 2. The molecule has 2 aromatic rings. The second-order valence-corrected chi connectivity index (χ2v) is 9.25. The van der Waals surface area contributed by atoms with Gasteiger partial charge in [0.05, 0.1) is 10.8 Å². The first kappa shape index (κ1) is 20.9. The van der Waals surface area contributed by atoms with Gasteiger partial charge in [0.25, 0.3) is 0 Å². The van der Waals surface area contributed by atoms with Crippen LogP contribution in [0.5, 0.6) is 0 Å². The van der Waals surface area contributed by atoms with E-state index in [9.17, 15) is 18.0 Å². The van der Waals surface area contributed by atoms with Crippen molar-refractivity contribution in [3.05, 3.63) is 29.8 Å². The van der Waals surface area contributed by atoms with E-state index in [1.165, 1.54) is 54.5 Å². The molecule has 0 spiro atoms. The number of anilines is 2. The van der Waals surface area contributed by atoms with Crippen molar-refractivity contribution >= 4 is 39.8 Å². The fourth-order valence-corrected chi connectivity index (χ4v) is 4.93. The molecule has 1 heterocycles. The molecule has 0 bridgehead atoms. The first-order chi connectivity index (χ1) is 13.3. The quantitative estimate of drug-likeness (QED) is 0.599. The summed E-state index contributed by atoms with van der Waals surface area (Å²) in [4.78, 5) is 12.3. The molecule has 152 valence electrons. The van der Waals surface area contributed by atoms with Crippen molar-refractivity contribution < 1.29 is 18.0 Å². The highest BCUT2D eigenvalue weighted by Gasteiger charge is 2.30. The molecule has 1 saturated carbocycles. The summed E-state index contributed by atoms with van der Waals surface area (Å²) in [5.74, 6) is -0.388. The highest BCUT2D eigenvalue weighted by atomic mass is 32.2. The highest BCUT2D eigenvalue weighted by Crippen LogP contribution is 2.32. The smallest absolute Gasteiger partial charge is 0.357 e. The number of nitrogens with zero attached hydrogens (tertiary/aromatic N) is 2. The van der Waals surface area contributed by atoms with Gasteiger partial charge in [-0.3, -0.25) is 4.79 Å². The van der Waals surface area contributed by atoms with Gasteiger partial charge < -0.3 is 10.6 Å². The van der Waals surface area contributed by atoms with Gasteiger partial charge in [0.2, 0.25) is 11.0 Å². The molecule has 1 aromatic carbocycles. The van der Waals surface area contributed by atoms with E-state index in [0.717, 1.165) is 30.1 Å². The van der Waals surface area contributed by atoms with E-state index in [1.807, 2.05) is 0 Å². The van der Waals surface area contributed by atoms with E-state index in [-0.39, 0.29) is 11.6 Å².